The van der Waals surface area contributed by atoms with Gasteiger partial charge in [-0.05, 0) is 43.7 Å². The number of hydrogen-bond donors (Lipinski definition) is 1. The second-order valence-corrected chi connectivity index (χ2v) is 10.6. The van der Waals surface area contributed by atoms with Gasteiger partial charge in [-0.1, -0.05) is 123 Å². The summed E-state index contributed by atoms with van der Waals surface area (Å²) in [7, 11) is 0. The van der Waals surface area contributed by atoms with Gasteiger partial charge in [0.25, 0.3) is 0 Å². The first kappa shape index (κ1) is 31.2. The van der Waals surface area contributed by atoms with Gasteiger partial charge in [0.05, 0.1) is 11.1 Å². The van der Waals surface area contributed by atoms with Crippen LogP contribution < -0.4 is 0 Å². The molecule has 0 aliphatic heterocycles. The molecule has 1 atom stereocenters. The molecule has 1 N–H and O–H groups in total. The number of carbonyl (C=O) groups excluding carboxylic acids is 1. The molecule has 4 nitrogen and oxygen atoms in total. The summed E-state index contributed by atoms with van der Waals surface area (Å²) in [6.07, 6.45) is 21.7. The van der Waals surface area contributed by atoms with Gasteiger partial charge < -0.3 is 9.84 Å². The van der Waals surface area contributed by atoms with Crippen LogP contribution in [0.15, 0.2) is 24.3 Å². The molecular weight excluding hydrogens is 436 g/mol. The minimum Gasteiger partial charge on any atom is -0.478 e. The van der Waals surface area contributed by atoms with Crippen molar-refractivity contribution in [2.45, 2.75) is 142 Å². The number of unbranched alkanes of at least 4 members (excludes halogenated alkanes) is 13. The van der Waals surface area contributed by atoms with Gasteiger partial charge in [0.2, 0.25) is 0 Å². The number of hydrogen-bond acceptors (Lipinski definition) is 3. The standard InChI is InChI=1S/C31H52O4/c1-4-5-6-7-8-9-10-11-14-17-22-27(23-18-15-12-13-16-21-26(2)3)35-31(34)29-25-20-19-24-28(29)30(32)33/h19-20,24-27H,4-18,21-23H2,1-3H3,(H,32,33). The van der Waals surface area contributed by atoms with E-state index < -0.39 is 11.9 Å². The molecule has 0 heterocycles. The van der Waals surface area contributed by atoms with Crippen molar-refractivity contribution < 1.29 is 19.4 Å². The molecule has 1 unspecified atom stereocenters. The highest BCUT2D eigenvalue weighted by Gasteiger charge is 2.21. The maximum atomic E-state index is 12.8. The number of esters is 1. The van der Waals surface area contributed by atoms with Crippen molar-refractivity contribution in [1.82, 2.24) is 0 Å². The summed E-state index contributed by atoms with van der Waals surface area (Å²) in [5.74, 6) is -0.823. The Morgan fingerprint density at radius 3 is 1.57 bits per heavy atom. The van der Waals surface area contributed by atoms with E-state index in [0.29, 0.717) is 0 Å². The van der Waals surface area contributed by atoms with E-state index in [0.717, 1.165) is 38.0 Å². The lowest BCUT2D eigenvalue weighted by Crippen LogP contribution is -2.20. The minimum absolute atomic E-state index is 0.0142. The molecule has 0 bridgehead atoms. The van der Waals surface area contributed by atoms with Crippen LogP contribution in [0.1, 0.15) is 157 Å². The Bertz CT molecular complexity index is 682. The van der Waals surface area contributed by atoms with Gasteiger partial charge in [0.1, 0.15) is 6.10 Å². The molecule has 1 rings (SSSR count). The van der Waals surface area contributed by atoms with Crippen molar-refractivity contribution in [3.63, 3.8) is 0 Å². The third-order valence-corrected chi connectivity index (χ3v) is 6.84. The fourth-order valence-corrected chi connectivity index (χ4v) is 4.64. The van der Waals surface area contributed by atoms with Crippen LogP contribution >= 0.6 is 0 Å². The first-order valence-electron chi connectivity index (χ1n) is 14.5. The van der Waals surface area contributed by atoms with E-state index in [1.54, 1.807) is 18.2 Å². The molecule has 4 heteroatoms. The predicted molar refractivity (Wildman–Crippen MR) is 146 cm³/mol. The number of carboxylic acid groups (broad SMARTS) is 1. The zero-order chi connectivity index (χ0) is 25.7. The topological polar surface area (TPSA) is 63.6 Å². The van der Waals surface area contributed by atoms with Gasteiger partial charge in [0.15, 0.2) is 0 Å². The first-order valence-corrected chi connectivity index (χ1v) is 14.5. The fraction of sp³-hybridized carbons (Fsp3) is 0.742. The Hall–Kier alpha value is -1.84. The molecule has 0 spiro atoms. The minimum atomic E-state index is -1.09. The highest BCUT2D eigenvalue weighted by atomic mass is 16.5. The average Bonchev–Trinajstić information content (AvgIpc) is 2.84. The third-order valence-electron chi connectivity index (χ3n) is 6.84. The van der Waals surface area contributed by atoms with Crippen LogP contribution in [0.25, 0.3) is 0 Å². The molecule has 1 aromatic carbocycles. The molecule has 0 amide bonds. The van der Waals surface area contributed by atoms with E-state index in [9.17, 15) is 14.7 Å². The molecule has 0 saturated carbocycles. The highest BCUT2D eigenvalue weighted by molar-refractivity contribution is 6.02. The molecule has 0 saturated heterocycles. The Kier molecular flexibility index (Phi) is 18.1. The second kappa shape index (κ2) is 20.4. The molecule has 1 aromatic rings. The van der Waals surface area contributed by atoms with E-state index in [-0.39, 0.29) is 17.2 Å². The molecule has 35 heavy (non-hydrogen) atoms. The fourth-order valence-electron chi connectivity index (χ4n) is 4.64. The van der Waals surface area contributed by atoms with Crippen molar-refractivity contribution in [2.24, 2.45) is 5.92 Å². The zero-order valence-electron chi connectivity index (χ0n) is 22.9. The zero-order valence-corrected chi connectivity index (χ0v) is 22.9. The predicted octanol–water partition coefficient (Wildman–Crippen LogP) is 9.61. The Labute approximate surface area is 215 Å². The van der Waals surface area contributed by atoms with Crippen LogP contribution in [0.5, 0.6) is 0 Å². The molecule has 0 fully saturated rings. The van der Waals surface area contributed by atoms with Crippen LogP contribution in [-0.4, -0.2) is 23.1 Å². The lowest BCUT2D eigenvalue weighted by molar-refractivity contribution is 0.0244. The number of benzene rings is 1. The molecular formula is C31H52O4. The molecule has 0 aliphatic carbocycles. The maximum Gasteiger partial charge on any atom is 0.339 e. The number of carboxylic acids is 1. The van der Waals surface area contributed by atoms with Gasteiger partial charge in [-0.25, -0.2) is 9.59 Å². The van der Waals surface area contributed by atoms with E-state index in [1.807, 2.05) is 0 Å². The van der Waals surface area contributed by atoms with Crippen molar-refractivity contribution in [3.8, 4) is 0 Å². The van der Waals surface area contributed by atoms with Gasteiger partial charge in [-0.2, -0.15) is 0 Å². The van der Waals surface area contributed by atoms with Gasteiger partial charge in [-0.15, -0.1) is 0 Å². The van der Waals surface area contributed by atoms with E-state index in [1.165, 1.54) is 89.5 Å². The van der Waals surface area contributed by atoms with Gasteiger partial charge >= 0.3 is 11.9 Å². The summed E-state index contributed by atoms with van der Waals surface area (Å²) >= 11 is 0. The summed E-state index contributed by atoms with van der Waals surface area (Å²) in [6, 6.07) is 6.35. The molecule has 0 radical (unpaired) electrons. The smallest absolute Gasteiger partial charge is 0.339 e. The van der Waals surface area contributed by atoms with Crippen molar-refractivity contribution in [3.05, 3.63) is 35.4 Å². The normalized spacial score (nSPS) is 12.1. The van der Waals surface area contributed by atoms with E-state index in [2.05, 4.69) is 20.8 Å². The average molecular weight is 489 g/mol. The van der Waals surface area contributed by atoms with Gasteiger partial charge in [-0.3, -0.25) is 0 Å². The summed E-state index contributed by atoms with van der Waals surface area (Å²) in [4.78, 5) is 24.3. The van der Waals surface area contributed by atoms with Crippen LogP contribution in [0.3, 0.4) is 0 Å². The molecule has 0 aliphatic rings. The summed E-state index contributed by atoms with van der Waals surface area (Å²) in [6.45, 7) is 6.80. The largest absolute Gasteiger partial charge is 0.478 e. The van der Waals surface area contributed by atoms with Crippen molar-refractivity contribution in [1.29, 1.82) is 0 Å². The van der Waals surface area contributed by atoms with Crippen LogP contribution in [0.2, 0.25) is 0 Å². The number of rotatable bonds is 22. The Morgan fingerprint density at radius 2 is 1.11 bits per heavy atom. The van der Waals surface area contributed by atoms with Crippen LogP contribution in [0, 0.1) is 5.92 Å². The van der Waals surface area contributed by atoms with E-state index >= 15 is 0 Å². The summed E-state index contributed by atoms with van der Waals surface area (Å²) in [5.41, 5.74) is 0.169. The third kappa shape index (κ3) is 15.7. The molecule has 200 valence electrons. The lowest BCUT2D eigenvalue weighted by Gasteiger charge is -2.19. The van der Waals surface area contributed by atoms with E-state index in [4.69, 9.17) is 4.74 Å². The maximum absolute atomic E-state index is 12.8. The number of carbonyl (C=O) groups is 2. The van der Waals surface area contributed by atoms with Crippen molar-refractivity contribution in [2.75, 3.05) is 0 Å². The molecule has 0 aromatic heterocycles. The summed E-state index contributed by atoms with van der Waals surface area (Å²) in [5, 5.41) is 9.42. The Balaban J connectivity index is 2.44. The van der Waals surface area contributed by atoms with Crippen LogP contribution in [-0.2, 0) is 4.74 Å². The highest BCUT2D eigenvalue weighted by Crippen LogP contribution is 2.20. The first-order chi connectivity index (χ1) is 17.0. The monoisotopic (exact) mass is 488 g/mol. The van der Waals surface area contributed by atoms with Crippen molar-refractivity contribution >= 4 is 11.9 Å². The lowest BCUT2D eigenvalue weighted by atomic mass is 10.00. The van der Waals surface area contributed by atoms with Gasteiger partial charge in [0, 0.05) is 0 Å². The number of ether oxygens (including phenoxy) is 1. The quantitative estimate of drug-likeness (QED) is 0.130. The number of aromatic carboxylic acids is 1. The SMILES string of the molecule is CCCCCCCCCCCCC(CCCCCCCC(C)C)OC(=O)c1ccccc1C(=O)O. The second-order valence-electron chi connectivity index (χ2n) is 10.6. The summed E-state index contributed by atoms with van der Waals surface area (Å²) < 4.78 is 5.87. The van der Waals surface area contributed by atoms with Crippen LogP contribution in [0.4, 0.5) is 0 Å². The Morgan fingerprint density at radius 1 is 0.686 bits per heavy atom.